The van der Waals surface area contributed by atoms with E-state index in [9.17, 15) is 4.79 Å². The SMILES string of the molecule is O=C(c1ccccc1)c1pnc2sc3ccccc3n12. The van der Waals surface area contributed by atoms with E-state index in [0.717, 1.165) is 23.5 Å². The van der Waals surface area contributed by atoms with Gasteiger partial charge < -0.3 is 0 Å². The van der Waals surface area contributed by atoms with E-state index in [-0.39, 0.29) is 5.78 Å². The van der Waals surface area contributed by atoms with Gasteiger partial charge in [0, 0.05) is 5.56 Å². The molecule has 0 bridgehead atoms. The van der Waals surface area contributed by atoms with Gasteiger partial charge in [0.25, 0.3) is 0 Å². The van der Waals surface area contributed by atoms with E-state index in [0.29, 0.717) is 11.0 Å². The third-order valence-electron chi connectivity index (χ3n) is 3.18. The molecule has 0 aliphatic rings. The highest BCUT2D eigenvalue weighted by Gasteiger charge is 2.18. The molecule has 0 unspecified atom stereocenters. The largest absolute Gasteiger partial charge is 0.286 e. The molecule has 2 heterocycles. The van der Waals surface area contributed by atoms with Crippen LogP contribution in [0.15, 0.2) is 54.6 Å². The van der Waals surface area contributed by atoms with E-state index in [1.54, 1.807) is 11.3 Å². The third kappa shape index (κ3) is 1.69. The summed E-state index contributed by atoms with van der Waals surface area (Å²) < 4.78 is 7.60. The number of aromatic nitrogens is 2. The maximum absolute atomic E-state index is 12.6. The number of carbonyl (C=O) groups excluding carboxylic acids is 1. The van der Waals surface area contributed by atoms with Gasteiger partial charge in [-0.2, -0.15) is 4.75 Å². The molecule has 96 valence electrons. The molecule has 0 atom stereocenters. The van der Waals surface area contributed by atoms with Crippen molar-refractivity contribution in [2.24, 2.45) is 0 Å². The molecule has 0 amide bonds. The van der Waals surface area contributed by atoms with E-state index in [2.05, 4.69) is 10.8 Å². The van der Waals surface area contributed by atoms with Gasteiger partial charge in [0.15, 0.2) is 4.96 Å². The average molecular weight is 296 g/mol. The maximum atomic E-state index is 12.6. The van der Waals surface area contributed by atoms with Crippen molar-refractivity contribution in [2.75, 3.05) is 0 Å². The van der Waals surface area contributed by atoms with E-state index in [1.807, 2.05) is 52.9 Å². The van der Waals surface area contributed by atoms with Crippen LogP contribution in [0.4, 0.5) is 0 Å². The molecule has 0 fully saturated rings. The van der Waals surface area contributed by atoms with E-state index in [1.165, 1.54) is 0 Å². The number of para-hydroxylation sites is 1. The molecule has 2 aromatic heterocycles. The van der Waals surface area contributed by atoms with Crippen LogP contribution >= 0.6 is 19.7 Å². The van der Waals surface area contributed by atoms with Gasteiger partial charge in [0.2, 0.25) is 5.78 Å². The van der Waals surface area contributed by atoms with E-state index >= 15 is 0 Å². The highest BCUT2D eigenvalue weighted by molar-refractivity contribution is 7.31. The van der Waals surface area contributed by atoms with Crippen molar-refractivity contribution in [3.63, 3.8) is 0 Å². The van der Waals surface area contributed by atoms with Crippen molar-refractivity contribution < 1.29 is 4.79 Å². The highest BCUT2D eigenvalue weighted by Crippen LogP contribution is 2.31. The lowest BCUT2D eigenvalue weighted by molar-refractivity contribution is 0.103. The molecule has 0 saturated heterocycles. The molecule has 0 spiro atoms. The Hall–Kier alpha value is -2.03. The van der Waals surface area contributed by atoms with Gasteiger partial charge in [-0.1, -0.05) is 53.8 Å². The van der Waals surface area contributed by atoms with Crippen LogP contribution in [0, 0.1) is 0 Å². The summed E-state index contributed by atoms with van der Waals surface area (Å²) >= 11 is 1.62. The summed E-state index contributed by atoms with van der Waals surface area (Å²) in [4.78, 5) is 13.5. The fraction of sp³-hybridized carbons (Fsp3) is 0. The standard InChI is InChI=1S/C15H9N2OPS/c18-13(10-6-2-1-3-7-10)14-17-11-8-4-5-9-12(11)20-15(17)16-19-14/h1-9H. The van der Waals surface area contributed by atoms with Crippen LogP contribution in [0.3, 0.4) is 0 Å². The van der Waals surface area contributed by atoms with Crippen molar-refractivity contribution in [2.45, 2.75) is 0 Å². The highest BCUT2D eigenvalue weighted by atomic mass is 32.1. The molecule has 4 aromatic rings. The molecule has 2 aromatic carbocycles. The molecule has 0 N–H and O–H groups in total. The quantitative estimate of drug-likeness (QED) is 0.515. The zero-order chi connectivity index (χ0) is 13.5. The molecule has 20 heavy (non-hydrogen) atoms. The van der Waals surface area contributed by atoms with Gasteiger partial charge in [0.05, 0.1) is 18.6 Å². The molecule has 5 heteroatoms. The predicted octanol–water partition coefficient (Wildman–Crippen LogP) is 4.36. The summed E-state index contributed by atoms with van der Waals surface area (Å²) in [5, 5.41) is 0. The van der Waals surface area contributed by atoms with Gasteiger partial charge in [-0.15, -0.1) is 0 Å². The summed E-state index contributed by atoms with van der Waals surface area (Å²) in [6.45, 7) is 0. The lowest BCUT2D eigenvalue weighted by Crippen LogP contribution is -2.02. The fourth-order valence-electron chi connectivity index (χ4n) is 2.25. The second kappa shape index (κ2) is 4.51. The summed E-state index contributed by atoms with van der Waals surface area (Å²) in [7, 11) is 0.729. The average Bonchev–Trinajstić information content (AvgIpc) is 3.06. The molecule has 4 rings (SSSR count). The Bertz CT molecular complexity index is 927. The normalized spacial score (nSPS) is 11.6. The lowest BCUT2D eigenvalue weighted by atomic mass is 10.1. The first kappa shape index (κ1) is 11.8. The van der Waals surface area contributed by atoms with Crippen molar-refractivity contribution >= 4 is 40.6 Å². The second-order valence-corrected chi connectivity index (χ2v) is 6.24. The van der Waals surface area contributed by atoms with Crippen LogP contribution in [-0.2, 0) is 0 Å². The van der Waals surface area contributed by atoms with Gasteiger partial charge in [-0.25, -0.2) is 0 Å². The van der Waals surface area contributed by atoms with Crippen LogP contribution in [0.1, 0.15) is 15.8 Å². The first-order valence-corrected chi connectivity index (χ1v) is 7.83. The monoisotopic (exact) mass is 296 g/mol. The Kier molecular flexibility index (Phi) is 2.66. The summed E-state index contributed by atoms with van der Waals surface area (Å²) in [6, 6.07) is 17.5. The minimum absolute atomic E-state index is 0.0447. The Morgan fingerprint density at radius 1 is 1.05 bits per heavy atom. The van der Waals surface area contributed by atoms with Gasteiger partial charge in [-0.05, 0) is 12.1 Å². The zero-order valence-corrected chi connectivity index (χ0v) is 12.1. The molecule has 0 aliphatic carbocycles. The first-order chi connectivity index (χ1) is 9.84. The second-order valence-electron chi connectivity index (χ2n) is 4.41. The van der Waals surface area contributed by atoms with Crippen LogP contribution in [0.25, 0.3) is 15.2 Å². The molecule has 3 nitrogen and oxygen atoms in total. The van der Waals surface area contributed by atoms with Gasteiger partial charge >= 0.3 is 0 Å². The van der Waals surface area contributed by atoms with E-state index in [4.69, 9.17) is 0 Å². The van der Waals surface area contributed by atoms with Crippen molar-refractivity contribution in [1.29, 1.82) is 0 Å². The molecule has 0 aliphatic heterocycles. The predicted molar refractivity (Wildman–Crippen MR) is 83.0 cm³/mol. The lowest BCUT2D eigenvalue weighted by Gasteiger charge is -1.99. The zero-order valence-electron chi connectivity index (χ0n) is 10.4. The molecule has 0 saturated carbocycles. The summed E-state index contributed by atoms with van der Waals surface area (Å²) in [6.07, 6.45) is 0. The Balaban J connectivity index is 1.98. The summed E-state index contributed by atoms with van der Waals surface area (Å²) in [5.41, 5.74) is 2.48. The maximum Gasteiger partial charge on any atom is 0.216 e. The van der Waals surface area contributed by atoms with Crippen molar-refractivity contribution in [3.8, 4) is 0 Å². The Morgan fingerprint density at radius 2 is 1.80 bits per heavy atom. The van der Waals surface area contributed by atoms with Crippen molar-refractivity contribution in [1.82, 2.24) is 9.15 Å². The number of carbonyl (C=O) groups is 1. The molecular weight excluding hydrogens is 287 g/mol. The number of hydrogen-bond acceptors (Lipinski definition) is 3. The smallest absolute Gasteiger partial charge is 0.216 e. The van der Waals surface area contributed by atoms with E-state index < -0.39 is 0 Å². The first-order valence-electron chi connectivity index (χ1n) is 6.17. The number of ketones is 1. The number of hydrogen-bond donors (Lipinski definition) is 0. The molecular formula is C15H9N2OPS. The van der Waals surface area contributed by atoms with Crippen molar-refractivity contribution in [3.05, 3.63) is 65.6 Å². The van der Waals surface area contributed by atoms with Crippen LogP contribution < -0.4 is 0 Å². The number of thiazole rings is 1. The topological polar surface area (TPSA) is 34.4 Å². The van der Waals surface area contributed by atoms with Crippen LogP contribution in [0.2, 0.25) is 0 Å². The number of rotatable bonds is 2. The minimum Gasteiger partial charge on any atom is -0.286 e. The van der Waals surface area contributed by atoms with Gasteiger partial charge in [-0.3, -0.25) is 9.20 Å². The number of benzene rings is 2. The number of nitrogens with zero attached hydrogens (tertiary/aromatic N) is 2. The van der Waals surface area contributed by atoms with Gasteiger partial charge in [0.1, 0.15) is 5.43 Å². The Labute approximate surface area is 120 Å². The number of fused-ring (bicyclic) bond motifs is 3. The summed E-state index contributed by atoms with van der Waals surface area (Å²) in [5.74, 6) is 0.0447. The van der Waals surface area contributed by atoms with Crippen LogP contribution in [0.5, 0.6) is 0 Å². The Morgan fingerprint density at radius 3 is 2.65 bits per heavy atom. The fourth-order valence-corrected chi connectivity index (χ4v) is 4.27. The third-order valence-corrected chi connectivity index (χ3v) is 5.22. The molecule has 0 radical (unpaired) electrons. The van der Waals surface area contributed by atoms with Crippen LogP contribution in [-0.4, -0.2) is 14.9 Å². The minimum atomic E-state index is 0.0447.